The Morgan fingerprint density at radius 1 is 0.950 bits per heavy atom. The van der Waals surface area contributed by atoms with E-state index >= 15 is 0 Å². The van der Waals surface area contributed by atoms with Crippen molar-refractivity contribution in [2.45, 2.75) is 31.8 Å². The van der Waals surface area contributed by atoms with Gasteiger partial charge in [0.2, 0.25) is 0 Å². The van der Waals surface area contributed by atoms with Gasteiger partial charge in [-0.15, -0.1) is 0 Å². The number of aromatic nitrogens is 1. The van der Waals surface area contributed by atoms with Crippen molar-refractivity contribution < 1.29 is 9.53 Å². The monoisotopic (exact) mass is 267 g/mol. The summed E-state index contributed by atoms with van der Waals surface area (Å²) < 4.78 is 5.49. The minimum atomic E-state index is -0.210. The molecule has 0 bridgehead atoms. The van der Waals surface area contributed by atoms with Gasteiger partial charge in [0.1, 0.15) is 6.10 Å². The summed E-state index contributed by atoms with van der Waals surface area (Å²) in [4.78, 5) is 16.0. The molecule has 1 saturated carbocycles. The Morgan fingerprint density at radius 2 is 1.55 bits per heavy atom. The van der Waals surface area contributed by atoms with E-state index in [1.54, 1.807) is 12.4 Å². The molecule has 0 radical (unpaired) electrons. The molecule has 0 aliphatic heterocycles. The molecule has 0 amide bonds. The summed E-state index contributed by atoms with van der Waals surface area (Å²) >= 11 is 0. The number of hydrogen-bond acceptors (Lipinski definition) is 3. The van der Waals surface area contributed by atoms with Crippen molar-refractivity contribution in [1.29, 1.82) is 0 Å². The fourth-order valence-corrected chi connectivity index (χ4v) is 2.57. The van der Waals surface area contributed by atoms with Crippen molar-refractivity contribution in [1.82, 2.24) is 4.98 Å². The summed E-state index contributed by atoms with van der Waals surface area (Å²) in [6.45, 7) is 0. The number of hydrogen-bond donors (Lipinski definition) is 0. The summed E-state index contributed by atoms with van der Waals surface area (Å²) in [7, 11) is 0. The molecule has 1 aromatic carbocycles. The molecule has 20 heavy (non-hydrogen) atoms. The lowest BCUT2D eigenvalue weighted by Gasteiger charge is -2.11. The Labute approximate surface area is 118 Å². The molecule has 3 heteroatoms. The van der Waals surface area contributed by atoms with E-state index < -0.39 is 0 Å². The van der Waals surface area contributed by atoms with E-state index in [1.807, 2.05) is 36.4 Å². The van der Waals surface area contributed by atoms with E-state index in [-0.39, 0.29) is 12.1 Å². The van der Waals surface area contributed by atoms with Crippen LogP contribution in [0.5, 0.6) is 0 Å². The molecule has 1 aliphatic carbocycles. The van der Waals surface area contributed by atoms with Crippen molar-refractivity contribution >= 4 is 5.97 Å². The first kappa shape index (κ1) is 12.9. The van der Waals surface area contributed by atoms with Gasteiger partial charge in [-0.1, -0.05) is 12.1 Å². The number of rotatable bonds is 3. The molecule has 0 spiro atoms. The molecule has 1 heterocycles. The van der Waals surface area contributed by atoms with Gasteiger partial charge in [0.15, 0.2) is 0 Å². The molecule has 0 N–H and O–H groups in total. The van der Waals surface area contributed by atoms with Crippen molar-refractivity contribution in [3.63, 3.8) is 0 Å². The normalized spacial score (nSPS) is 15.2. The average molecular weight is 267 g/mol. The second kappa shape index (κ2) is 5.87. The van der Waals surface area contributed by atoms with Crippen LogP contribution in [0.4, 0.5) is 0 Å². The predicted molar refractivity (Wildman–Crippen MR) is 77.3 cm³/mol. The lowest BCUT2D eigenvalue weighted by atomic mass is 10.1. The number of carbonyl (C=O) groups excluding carboxylic acids is 1. The lowest BCUT2D eigenvalue weighted by Crippen LogP contribution is -2.14. The first-order chi connectivity index (χ1) is 9.83. The topological polar surface area (TPSA) is 39.2 Å². The largest absolute Gasteiger partial charge is 0.459 e. The quantitative estimate of drug-likeness (QED) is 0.793. The SMILES string of the molecule is O=C(OC1CCCC1)c1ccc(-c2ccncc2)cc1. The van der Waals surface area contributed by atoms with Gasteiger partial charge < -0.3 is 4.74 Å². The van der Waals surface area contributed by atoms with Crippen LogP contribution < -0.4 is 0 Å². The van der Waals surface area contributed by atoms with E-state index in [4.69, 9.17) is 4.74 Å². The summed E-state index contributed by atoms with van der Waals surface area (Å²) in [5, 5.41) is 0. The average Bonchev–Trinajstić information content (AvgIpc) is 3.01. The molecule has 1 aromatic heterocycles. The molecular weight excluding hydrogens is 250 g/mol. The lowest BCUT2D eigenvalue weighted by molar-refractivity contribution is 0.0318. The van der Waals surface area contributed by atoms with Crippen LogP contribution in [0.25, 0.3) is 11.1 Å². The standard InChI is InChI=1S/C17H17NO2/c19-17(20-16-3-1-2-4-16)15-7-5-13(6-8-15)14-9-11-18-12-10-14/h5-12,16H,1-4H2. The van der Waals surface area contributed by atoms with E-state index in [0.717, 1.165) is 24.0 Å². The summed E-state index contributed by atoms with van der Waals surface area (Å²) in [5.41, 5.74) is 2.79. The van der Waals surface area contributed by atoms with Crippen molar-refractivity contribution in [2.24, 2.45) is 0 Å². The predicted octanol–water partition coefficient (Wildman–Crippen LogP) is 3.85. The van der Waals surface area contributed by atoms with Gasteiger partial charge in [-0.25, -0.2) is 4.79 Å². The van der Waals surface area contributed by atoms with Gasteiger partial charge in [0.05, 0.1) is 5.56 Å². The van der Waals surface area contributed by atoms with Crippen LogP contribution in [0.1, 0.15) is 36.0 Å². The smallest absolute Gasteiger partial charge is 0.338 e. The molecule has 2 aromatic rings. The van der Waals surface area contributed by atoms with Crippen LogP contribution in [0.15, 0.2) is 48.8 Å². The zero-order valence-electron chi connectivity index (χ0n) is 11.3. The van der Waals surface area contributed by atoms with Crippen LogP contribution >= 0.6 is 0 Å². The fraction of sp³-hybridized carbons (Fsp3) is 0.294. The van der Waals surface area contributed by atoms with Crippen LogP contribution in [-0.4, -0.2) is 17.1 Å². The zero-order valence-corrected chi connectivity index (χ0v) is 11.3. The summed E-state index contributed by atoms with van der Waals surface area (Å²) in [6, 6.07) is 11.4. The second-order valence-corrected chi connectivity index (χ2v) is 5.13. The highest BCUT2D eigenvalue weighted by Gasteiger charge is 2.19. The fourth-order valence-electron chi connectivity index (χ4n) is 2.57. The molecular formula is C17H17NO2. The van der Waals surface area contributed by atoms with E-state index in [9.17, 15) is 4.79 Å². The molecule has 102 valence electrons. The Bertz CT molecular complexity index is 572. The van der Waals surface area contributed by atoms with Gasteiger partial charge in [-0.3, -0.25) is 4.98 Å². The van der Waals surface area contributed by atoms with Crippen molar-refractivity contribution in [3.05, 3.63) is 54.4 Å². The Kier molecular flexibility index (Phi) is 3.77. The minimum Gasteiger partial charge on any atom is -0.459 e. The zero-order chi connectivity index (χ0) is 13.8. The number of benzene rings is 1. The highest BCUT2D eigenvalue weighted by Crippen LogP contribution is 2.23. The third kappa shape index (κ3) is 2.87. The maximum atomic E-state index is 12.0. The molecule has 3 nitrogen and oxygen atoms in total. The van der Waals surface area contributed by atoms with Crippen molar-refractivity contribution in [3.8, 4) is 11.1 Å². The van der Waals surface area contributed by atoms with Gasteiger partial charge in [0, 0.05) is 12.4 Å². The highest BCUT2D eigenvalue weighted by molar-refractivity contribution is 5.90. The van der Waals surface area contributed by atoms with Crippen molar-refractivity contribution in [2.75, 3.05) is 0 Å². The van der Waals surface area contributed by atoms with Gasteiger partial charge in [-0.05, 0) is 61.1 Å². The van der Waals surface area contributed by atoms with E-state index in [1.165, 1.54) is 12.8 Å². The van der Waals surface area contributed by atoms with Crippen LogP contribution in [0.3, 0.4) is 0 Å². The molecule has 0 atom stereocenters. The first-order valence-corrected chi connectivity index (χ1v) is 7.04. The third-order valence-corrected chi connectivity index (χ3v) is 3.71. The van der Waals surface area contributed by atoms with Crippen LogP contribution in [-0.2, 0) is 4.74 Å². The van der Waals surface area contributed by atoms with Gasteiger partial charge >= 0.3 is 5.97 Å². The molecule has 0 unspecified atom stereocenters. The van der Waals surface area contributed by atoms with Gasteiger partial charge in [-0.2, -0.15) is 0 Å². The third-order valence-electron chi connectivity index (χ3n) is 3.71. The molecule has 1 aliphatic rings. The number of carbonyl (C=O) groups is 1. The number of pyridine rings is 1. The van der Waals surface area contributed by atoms with Crippen LogP contribution in [0.2, 0.25) is 0 Å². The Balaban J connectivity index is 1.71. The number of nitrogens with zero attached hydrogens (tertiary/aromatic N) is 1. The van der Waals surface area contributed by atoms with E-state index in [0.29, 0.717) is 5.56 Å². The maximum absolute atomic E-state index is 12.0. The van der Waals surface area contributed by atoms with Crippen LogP contribution in [0, 0.1) is 0 Å². The first-order valence-electron chi connectivity index (χ1n) is 7.04. The highest BCUT2D eigenvalue weighted by atomic mass is 16.5. The maximum Gasteiger partial charge on any atom is 0.338 e. The number of ether oxygens (including phenoxy) is 1. The number of esters is 1. The molecule has 1 fully saturated rings. The summed E-state index contributed by atoms with van der Waals surface area (Å²) in [5.74, 6) is -0.210. The van der Waals surface area contributed by atoms with Gasteiger partial charge in [0.25, 0.3) is 0 Å². The Hall–Kier alpha value is -2.16. The minimum absolute atomic E-state index is 0.113. The summed E-state index contributed by atoms with van der Waals surface area (Å²) in [6.07, 6.45) is 7.97. The molecule has 0 saturated heterocycles. The Morgan fingerprint density at radius 3 is 2.20 bits per heavy atom. The molecule has 3 rings (SSSR count). The second-order valence-electron chi connectivity index (χ2n) is 5.13. The van der Waals surface area contributed by atoms with E-state index in [2.05, 4.69) is 4.98 Å².